The zero-order valence-electron chi connectivity index (χ0n) is 8.44. The molecule has 0 bridgehead atoms. The van der Waals surface area contributed by atoms with E-state index in [4.69, 9.17) is 0 Å². The van der Waals surface area contributed by atoms with Crippen LogP contribution in [-0.4, -0.2) is 22.5 Å². The fraction of sp³-hybridized carbons (Fsp3) is 0.545. The molecule has 1 aliphatic carbocycles. The molecule has 14 heavy (non-hydrogen) atoms. The molecule has 0 saturated heterocycles. The highest BCUT2D eigenvalue weighted by molar-refractivity contribution is 7.99. The molecule has 1 aromatic rings. The highest BCUT2D eigenvalue weighted by Crippen LogP contribution is 2.30. The molecule has 2 atom stereocenters. The summed E-state index contributed by atoms with van der Waals surface area (Å²) in [5.41, 5.74) is 1.20. The lowest BCUT2D eigenvalue weighted by Crippen LogP contribution is -2.25. The van der Waals surface area contributed by atoms with Gasteiger partial charge in [0, 0.05) is 29.4 Å². The first kappa shape index (κ1) is 9.84. The number of pyridine rings is 1. The number of anilines is 1. The van der Waals surface area contributed by atoms with Gasteiger partial charge in [0.2, 0.25) is 0 Å². The van der Waals surface area contributed by atoms with Gasteiger partial charge in [-0.25, -0.2) is 0 Å². The van der Waals surface area contributed by atoms with Gasteiger partial charge in [-0.2, -0.15) is 11.8 Å². The minimum absolute atomic E-state index is 0.646. The second-order valence-electron chi connectivity index (χ2n) is 3.69. The van der Waals surface area contributed by atoms with E-state index in [0.717, 1.165) is 5.25 Å². The van der Waals surface area contributed by atoms with Crippen LogP contribution in [0.25, 0.3) is 0 Å². The van der Waals surface area contributed by atoms with Gasteiger partial charge in [0.15, 0.2) is 0 Å². The van der Waals surface area contributed by atoms with Crippen molar-refractivity contribution < 1.29 is 0 Å². The van der Waals surface area contributed by atoms with Gasteiger partial charge in [-0.15, -0.1) is 0 Å². The number of rotatable bonds is 3. The number of aromatic nitrogens is 1. The summed E-state index contributed by atoms with van der Waals surface area (Å²) in [7, 11) is 0. The van der Waals surface area contributed by atoms with E-state index < -0.39 is 0 Å². The smallest absolute Gasteiger partial charge is 0.0379 e. The maximum atomic E-state index is 4.01. The molecular weight excluding hydrogens is 192 g/mol. The Bertz CT molecular complexity index is 276. The summed E-state index contributed by atoms with van der Waals surface area (Å²) in [5.74, 6) is 0. The fourth-order valence-electron chi connectivity index (χ4n) is 2.04. The van der Waals surface area contributed by atoms with E-state index in [0.29, 0.717) is 6.04 Å². The van der Waals surface area contributed by atoms with Crippen molar-refractivity contribution in [1.82, 2.24) is 4.98 Å². The Morgan fingerprint density at radius 3 is 2.86 bits per heavy atom. The molecular formula is C11H16N2S. The monoisotopic (exact) mass is 208 g/mol. The van der Waals surface area contributed by atoms with Gasteiger partial charge >= 0.3 is 0 Å². The second-order valence-corrected chi connectivity index (χ2v) is 4.77. The lowest BCUT2D eigenvalue weighted by atomic mass is 10.2. The molecule has 1 N–H and O–H groups in total. The summed E-state index contributed by atoms with van der Waals surface area (Å²) in [5, 5.41) is 4.36. The third kappa shape index (κ3) is 2.21. The summed E-state index contributed by atoms with van der Waals surface area (Å²) in [6.45, 7) is 0. The number of hydrogen-bond donors (Lipinski definition) is 1. The third-order valence-electron chi connectivity index (χ3n) is 2.79. The summed E-state index contributed by atoms with van der Waals surface area (Å²) < 4.78 is 0. The van der Waals surface area contributed by atoms with E-state index >= 15 is 0 Å². The Hall–Kier alpha value is -0.700. The Morgan fingerprint density at radius 1 is 1.36 bits per heavy atom. The fourth-order valence-corrected chi connectivity index (χ4v) is 2.97. The minimum atomic E-state index is 0.646. The zero-order chi connectivity index (χ0) is 9.80. The van der Waals surface area contributed by atoms with Crippen molar-refractivity contribution in [3.63, 3.8) is 0 Å². The molecule has 2 nitrogen and oxygen atoms in total. The third-order valence-corrected chi connectivity index (χ3v) is 3.96. The Kier molecular flexibility index (Phi) is 3.30. The maximum absolute atomic E-state index is 4.01. The zero-order valence-corrected chi connectivity index (χ0v) is 9.26. The average molecular weight is 208 g/mol. The van der Waals surface area contributed by atoms with E-state index in [1.807, 2.05) is 36.3 Å². The lowest BCUT2D eigenvalue weighted by Gasteiger charge is -2.20. The van der Waals surface area contributed by atoms with Crippen LogP contribution in [0.5, 0.6) is 0 Å². The van der Waals surface area contributed by atoms with E-state index in [-0.39, 0.29) is 0 Å². The van der Waals surface area contributed by atoms with Crippen molar-refractivity contribution in [3.8, 4) is 0 Å². The SMILES string of the molecule is CSC1CCCC1Nc1ccncc1. The first-order valence-electron chi connectivity index (χ1n) is 5.09. The summed E-state index contributed by atoms with van der Waals surface area (Å²) >= 11 is 1.98. The first-order valence-corrected chi connectivity index (χ1v) is 6.38. The van der Waals surface area contributed by atoms with Crippen LogP contribution < -0.4 is 5.32 Å². The quantitative estimate of drug-likeness (QED) is 0.826. The standard InChI is InChI=1S/C11H16N2S/c1-14-11-4-2-3-10(11)13-9-5-7-12-8-6-9/h5-8,10-11H,2-4H2,1H3,(H,12,13). The highest BCUT2D eigenvalue weighted by atomic mass is 32.2. The predicted molar refractivity (Wildman–Crippen MR) is 62.8 cm³/mol. The van der Waals surface area contributed by atoms with Crippen molar-refractivity contribution in [1.29, 1.82) is 0 Å². The number of nitrogens with zero attached hydrogens (tertiary/aromatic N) is 1. The Morgan fingerprint density at radius 2 is 2.14 bits per heavy atom. The molecule has 76 valence electrons. The van der Waals surface area contributed by atoms with Crippen molar-refractivity contribution in [3.05, 3.63) is 24.5 Å². The van der Waals surface area contributed by atoms with Gasteiger partial charge in [-0.05, 0) is 31.2 Å². The van der Waals surface area contributed by atoms with Crippen LogP contribution in [0.2, 0.25) is 0 Å². The molecule has 1 fully saturated rings. The van der Waals surface area contributed by atoms with Gasteiger partial charge in [0.1, 0.15) is 0 Å². The predicted octanol–water partition coefficient (Wildman–Crippen LogP) is 2.78. The first-order chi connectivity index (χ1) is 6.90. The van der Waals surface area contributed by atoms with E-state index in [1.165, 1.54) is 24.9 Å². The van der Waals surface area contributed by atoms with Crippen molar-refractivity contribution in [2.45, 2.75) is 30.6 Å². The van der Waals surface area contributed by atoms with Crippen LogP contribution in [0.1, 0.15) is 19.3 Å². The van der Waals surface area contributed by atoms with Crippen LogP contribution in [0.4, 0.5) is 5.69 Å². The summed E-state index contributed by atoms with van der Waals surface area (Å²) in [4.78, 5) is 4.01. The topological polar surface area (TPSA) is 24.9 Å². The molecule has 1 heterocycles. The molecule has 0 spiro atoms. The molecule has 0 radical (unpaired) electrons. The molecule has 2 unspecified atom stereocenters. The number of nitrogens with one attached hydrogen (secondary N) is 1. The largest absolute Gasteiger partial charge is 0.381 e. The van der Waals surface area contributed by atoms with Crippen LogP contribution in [0.15, 0.2) is 24.5 Å². The van der Waals surface area contributed by atoms with Crippen LogP contribution >= 0.6 is 11.8 Å². The van der Waals surface area contributed by atoms with Crippen LogP contribution in [0.3, 0.4) is 0 Å². The Balaban J connectivity index is 1.97. The molecule has 0 amide bonds. The molecule has 0 aromatic carbocycles. The van der Waals surface area contributed by atoms with Crippen LogP contribution in [0, 0.1) is 0 Å². The second kappa shape index (κ2) is 4.69. The van der Waals surface area contributed by atoms with Gasteiger partial charge < -0.3 is 5.32 Å². The normalized spacial score (nSPS) is 26.4. The van der Waals surface area contributed by atoms with Crippen molar-refractivity contribution in [2.24, 2.45) is 0 Å². The summed E-state index contributed by atoms with van der Waals surface area (Å²) in [6.07, 6.45) is 9.89. The molecule has 1 aliphatic rings. The number of hydrogen-bond acceptors (Lipinski definition) is 3. The minimum Gasteiger partial charge on any atom is -0.381 e. The van der Waals surface area contributed by atoms with Gasteiger partial charge in [-0.3, -0.25) is 4.98 Å². The molecule has 1 aromatic heterocycles. The van der Waals surface area contributed by atoms with Crippen molar-refractivity contribution in [2.75, 3.05) is 11.6 Å². The van der Waals surface area contributed by atoms with Gasteiger partial charge in [0.25, 0.3) is 0 Å². The number of thioether (sulfide) groups is 1. The van der Waals surface area contributed by atoms with E-state index in [9.17, 15) is 0 Å². The summed E-state index contributed by atoms with van der Waals surface area (Å²) in [6, 6.07) is 4.72. The highest BCUT2D eigenvalue weighted by Gasteiger charge is 2.25. The van der Waals surface area contributed by atoms with Gasteiger partial charge in [-0.1, -0.05) is 6.42 Å². The molecule has 2 rings (SSSR count). The van der Waals surface area contributed by atoms with E-state index in [1.54, 1.807) is 0 Å². The molecule has 1 saturated carbocycles. The van der Waals surface area contributed by atoms with E-state index in [2.05, 4.69) is 16.6 Å². The average Bonchev–Trinajstić information content (AvgIpc) is 2.67. The lowest BCUT2D eigenvalue weighted by molar-refractivity contribution is 0.768. The molecule has 0 aliphatic heterocycles. The van der Waals surface area contributed by atoms with Crippen LogP contribution in [-0.2, 0) is 0 Å². The molecule has 3 heteroatoms. The van der Waals surface area contributed by atoms with Crippen molar-refractivity contribution >= 4 is 17.4 Å². The Labute approximate surface area is 89.5 Å². The van der Waals surface area contributed by atoms with Gasteiger partial charge in [0.05, 0.1) is 0 Å². The maximum Gasteiger partial charge on any atom is 0.0379 e.